The van der Waals surface area contributed by atoms with E-state index in [-0.39, 0.29) is 0 Å². The van der Waals surface area contributed by atoms with Gasteiger partial charge in [-0.25, -0.2) is 0 Å². The minimum absolute atomic E-state index is 0.689. The van der Waals surface area contributed by atoms with E-state index in [1.165, 1.54) is 51.4 Å². The van der Waals surface area contributed by atoms with Crippen molar-refractivity contribution in [3.63, 3.8) is 0 Å². The average molecular weight is 303 g/mol. The lowest BCUT2D eigenvalue weighted by molar-refractivity contribution is 0.0705. The zero-order chi connectivity index (χ0) is 14.7. The lowest BCUT2D eigenvalue weighted by Crippen LogP contribution is -2.45. The maximum Gasteiger partial charge on any atom is 0.500 e. The molecule has 0 amide bonds. The Balaban J connectivity index is 2.28. The van der Waals surface area contributed by atoms with Crippen LogP contribution in [-0.2, 0) is 13.3 Å². The Kier molecular flexibility index (Phi) is 9.77. The molecular weight excluding hydrogens is 268 g/mol. The smallest absolute Gasteiger partial charge is 0.374 e. The van der Waals surface area contributed by atoms with Crippen molar-refractivity contribution in [3.8, 4) is 0 Å². The Morgan fingerprint density at radius 3 is 1.85 bits per heavy atom. The summed E-state index contributed by atoms with van der Waals surface area (Å²) < 4.78 is 17.7. The Morgan fingerprint density at radius 1 is 0.800 bits per heavy atom. The second-order valence-corrected chi connectivity index (χ2v) is 8.46. The molecule has 1 aliphatic carbocycles. The predicted octanol–water partition coefficient (Wildman–Crippen LogP) is 4.79. The number of hydrogen-bond donors (Lipinski definition) is 0. The lowest BCUT2D eigenvalue weighted by Gasteiger charge is -2.28. The van der Waals surface area contributed by atoms with E-state index < -0.39 is 8.80 Å². The molecule has 120 valence electrons. The molecule has 0 heterocycles. The highest BCUT2D eigenvalue weighted by Crippen LogP contribution is 2.29. The zero-order valence-electron chi connectivity index (χ0n) is 13.8. The minimum Gasteiger partial charge on any atom is -0.374 e. The fourth-order valence-electron chi connectivity index (χ4n) is 3.25. The van der Waals surface area contributed by atoms with Gasteiger partial charge in [-0.2, -0.15) is 0 Å². The Hall–Kier alpha value is 0.0969. The van der Waals surface area contributed by atoms with Crippen molar-refractivity contribution in [2.24, 2.45) is 5.92 Å². The molecule has 0 aromatic carbocycles. The van der Waals surface area contributed by atoms with Crippen LogP contribution in [0, 0.1) is 5.92 Å². The van der Waals surface area contributed by atoms with Crippen molar-refractivity contribution in [1.29, 1.82) is 0 Å². The van der Waals surface area contributed by atoms with Crippen LogP contribution in [0.4, 0.5) is 0 Å². The van der Waals surface area contributed by atoms with Crippen molar-refractivity contribution in [3.05, 3.63) is 0 Å². The van der Waals surface area contributed by atoms with Gasteiger partial charge in [0, 0.05) is 25.9 Å². The van der Waals surface area contributed by atoms with Crippen LogP contribution in [0.1, 0.15) is 72.1 Å². The highest BCUT2D eigenvalue weighted by molar-refractivity contribution is 6.60. The van der Waals surface area contributed by atoms with Crippen LogP contribution in [0.3, 0.4) is 0 Å². The van der Waals surface area contributed by atoms with Crippen LogP contribution in [0.25, 0.3) is 0 Å². The molecule has 0 spiro atoms. The second kappa shape index (κ2) is 10.8. The van der Waals surface area contributed by atoms with Gasteiger partial charge in [-0.15, -0.1) is 0 Å². The maximum absolute atomic E-state index is 5.90. The molecule has 20 heavy (non-hydrogen) atoms. The molecule has 1 aliphatic rings. The standard InChI is InChI=1S/C16H34O3Si/c1-4-17-20(18-5-2,19-6-3)15-11-10-14-16-12-8-7-9-13-16/h16H,4-15H2,1-3H3. The normalized spacial score (nSPS) is 17.6. The minimum atomic E-state index is -2.38. The second-order valence-electron chi connectivity index (χ2n) is 5.73. The highest BCUT2D eigenvalue weighted by Gasteiger charge is 2.39. The fourth-order valence-corrected chi connectivity index (χ4v) is 5.94. The summed E-state index contributed by atoms with van der Waals surface area (Å²) in [6.45, 7) is 8.16. The molecule has 0 unspecified atom stereocenters. The summed E-state index contributed by atoms with van der Waals surface area (Å²) in [5.41, 5.74) is 0. The molecule has 1 fully saturated rings. The predicted molar refractivity (Wildman–Crippen MR) is 85.9 cm³/mol. The summed E-state index contributed by atoms with van der Waals surface area (Å²) in [5, 5.41) is 0. The first-order valence-electron chi connectivity index (χ1n) is 8.68. The van der Waals surface area contributed by atoms with Crippen molar-refractivity contribution in [2.45, 2.75) is 78.2 Å². The average Bonchev–Trinajstić information content (AvgIpc) is 2.46. The van der Waals surface area contributed by atoms with Gasteiger partial charge in [0.15, 0.2) is 0 Å². The maximum atomic E-state index is 5.90. The van der Waals surface area contributed by atoms with Crippen LogP contribution >= 0.6 is 0 Å². The van der Waals surface area contributed by atoms with Crippen LogP contribution in [0.15, 0.2) is 0 Å². The van der Waals surface area contributed by atoms with E-state index in [1.807, 2.05) is 20.8 Å². The first-order chi connectivity index (χ1) is 9.76. The molecule has 0 aliphatic heterocycles. The molecule has 0 saturated heterocycles. The molecule has 1 saturated carbocycles. The highest BCUT2D eigenvalue weighted by atomic mass is 28.4. The fraction of sp³-hybridized carbons (Fsp3) is 1.00. The van der Waals surface area contributed by atoms with Crippen molar-refractivity contribution in [1.82, 2.24) is 0 Å². The molecule has 0 bridgehead atoms. The summed E-state index contributed by atoms with van der Waals surface area (Å²) >= 11 is 0. The Bertz CT molecular complexity index is 213. The van der Waals surface area contributed by atoms with Gasteiger partial charge in [0.25, 0.3) is 0 Å². The van der Waals surface area contributed by atoms with Crippen molar-refractivity contribution < 1.29 is 13.3 Å². The molecule has 0 aromatic rings. The third kappa shape index (κ3) is 6.70. The van der Waals surface area contributed by atoms with Gasteiger partial charge in [-0.3, -0.25) is 0 Å². The molecular formula is C16H34O3Si. The zero-order valence-corrected chi connectivity index (χ0v) is 14.8. The van der Waals surface area contributed by atoms with E-state index >= 15 is 0 Å². The van der Waals surface area contributed by atoms with E-state index in [0.29, 0.717) is 19.8 Å². The van der Waals surface area contributed by atoms with E-state index in [9.17, 15) is 0 Å². The third-order valence-corrected chi connectivity index (χ3v) is 7.31. The van der Waals surface area contributed by atoms with Gasteiger partial charge in [0.1, 0.15) is 0 Å². The molecule has 1 rings (SSSR count). The summed E-state index contributed by atoms with van der Waals surface area (Å²) in [4.78, 5) is 0. The van der Waals surface area contributed by atoms with Gasteiger partial charge in [-0.05, 0) is 33.1 Å². The van der Waals surface area contributed by atoms with Gasteiger partial charge < -0.3 is 13.3 Å². The molecule has 3 nitrogen and oxygen atoms in total. The quantitative estimate of drug-likeness (QED) is 0.406. The summed E-state index contributed by atoms with van der Waals surface area (Å²) in [6.07, 6.45) is 11.1. The molecule has 0 radical (unpaired) electrons. The van der Waals surface area contributed by atoms with Crippen molar-refractivity contribution >= 4 is 8.80 Å². The molecule has 0 atom stereocenters. The monoisotopic (exact) mass is 302 g/mol. The first-order valence-corrected chi connectivity index (χ1v) is 10.6. The Morgan fingerprint density at radius 2 is 1.35 bits per heavy atom. The topological polar surface area (TPSA) is 27.7 Å². The Labute approximate surface area is 126 Å². The van der Waals surface area contributed by atoms with Gasteiger partial charge in [-0.1, -0.05) is 44.9 Å². The third-order valence-electron chi connectivity index (χ3n) is 4.16. The lowest BCUT2D eigenvalue weighted by atomic mass is 9.86. The van der Waals surface area contributed by atoms with E-state index in [0.717, 1.165) is 12.0 Å². The summed E-state index contributed by atoms with van der Waals surface area (Å²) in [7, 11) is -2.38. The largest absolute Gasteiger partial charge is 0.500 e. The van der Waals surface area contributed by atoms with Crippen LogP contribution in [0.2, 0.25) is 6.04 Å². The van der Waals surface area contributed by atoms with E-state index in [2.05, 4.69) is 0 Å². The van der Waals surface area contributed by atoms with Crippen LogP contribution < -0.4 is 0 Å². The molecule has 0 N–H and O–H groups in total. The summed E-state index contributed by atoms with van der Waals surface area (Å²) in [5.74, 6) is 0.978. The molecule has 4 heteroatoms. The SMILES string of the molecule is CCO[Si](CCCCC1CCCCC1)(OCC)OCC. The van der Waals surface area contributed by atoms with Gasteiger partial charge in [0.2, 0.25) is 0 Å². The first kappa shape index (κ1) is 18.1. The van der Waals surface area contributed by atoms with Crippen molar-refractivity contribution in [2.75, 3.05) is 19.8 Å². The molecule has 0 aromatic heterocycles. The van der Waals surface area contributed by atoms with Crippen LogP contribution in [-0.4, -0.2) is 28.6 Å². The van der Waals surface area contributed by atoms with E-state index in [4.69, 9.17) is 13.3 Å². The number of hydrogen-bond acceptors (Lipinski definition) is 3. The van der Waals surface area contributed by atoms with Crippen LogP contribution in [0.5, 0.6) is 0 Å². The van der Waals surface area contributed by atoms with E-state index in [1.54, 1.807) is 0 Å². The number of rotatable bonds is 11. The summed E-state index contributed by atoms with van der Waals surface area (Å²) in [6, 6.07) is 0.981. The van der Waals surface area contributed by atoms with Gasteiger partial charge in [0.05, 0.1) is 0 Å². The number of unbranched alkanes of at least 4 members (excludes halogenated alkanes) is 1. The van der Waals surface area contributed by atoms with Gasteiger partial charge >= 0.3 is 8.80 Å².